The summed E-state index contributed by atoms with van der Waals surface area (Å²) in [5, 5.41) is 2.83. The van der Waals surface area contributed by atoms with E-state index in [2.05, 4.69) is 10.2 Å². The molecular weight excluding hydrogens is 283 g/mol. The van der Waals surface area contributed by atoms with Gasteiger partial charge in [-0.2, -0.15) is 0 Å². The van der Waals surface area contributed by atoms with Crippen molar-refractivity contribution in [2.75, 3.05) is 26.2 Å². The van der Waals surface area contributed by atoms with Gasteiger partial charge in [0, 0.05) is 27.0 Å². The second-order valence-electron chi connectivity index (χ2n) is 6.86. The molecular formula is C17H35FN2O2. The summed E-state index contributed by atoms with van der Waals surface area (Å²) in [5.41, 5.74) is 0. The number of rotatable bonds is 9. The highest BCUT2D eigenvalue weighted by molar-refractivity contribution is 5.78. The van der Waals surface area contributed by atoms with Crippen LogP contribution in [0.2, 0.25) is 0 Å². The highest BCUT2D eigenvalue weighted by Crippen LogP contribution is 2.15. The fraction of sp³-hybridized carbons (Fsp3) is 0.941. The lowest BCUT2D eigenvalue weighted by atomic mass is 10.0. The van der Waals surface area contributed by atoms with Crippen molar-refractivity contribution in [3.63, 3.8) is 0 Å². The Balaban J connectivity index is 0.00000484. The Bertz CT molecular complexity index is 330. The molecule has 0 radical (unpaired) electrons. The van der Waals surface area contributed by atoms with Gasteiger partial charge in [0.1, 0.15) is 6.17 Å². The van der Waals surface area contributed by atoms with Crippen LogP contribution in [-0.4, -0.2) is 55.4 Å². The SMILES string of the molecule is CC(C)OCCCCCN1CCC(NC(=O)C(C)C)C(F)C1.[HH]. The number of alkyl halides is 1. The molecule has 0 aromatic carbocycles. The summed E-state index contributed by atoms with van der Waals surface area (Å²) in [6.45, 7) is 10.8. The molecule has 1 fully saturated rings. The third kappa shape index (κ3) is 7.54. The van der Waals surface area contributed by atoms with Crippen molar-refractivity contribution < 1.29 is 15.3 Å². The quantitative estimate of drug-likeness (QED) is 0.665. The zero-order valence-corrected chi connectivity index (χ0v) is 14.6. The summed E-state index contributed by atoms with van der Waals surface area (Å²) >= 11 is 0. The van der Waals surface area contributed by atoms with E-state index in [1.54, 1.807) is 0 Å². The van der Waals surface area contributed by atoms with E-state index in [1.165, 1.54) is 0 Å². The maximum absolute atomic E-state index is 14.2. The Morgan fingerprint density at radius 2 is 2.05 bits per heavy atom. The van der Waals surface area contributed by atoms with Gasteiger partial charge in [0.05, 0.1) is 12.1 Å². The smallest absolute Gasteiger partial charge is 0.222 e. The van der Waals surface area contributed by atoms with Crippen molar-refractivity contribution in [2.45, 2.75) is 71.7 Å². The van der Waals surface area contributed by atoms with Crippen molar-refractivity contribution in [2.24, 2.45) is 5.92 Å². The molecule has 1 heterocycles. The lowest BCUT2D eigenvalue weighted by Crippen LogP contribution is -2.53. The molecule has 1 aliphatic rings. The average Bonchev–Trinajstić information content (AvgIpc) is 2.44. The number of amides is 1. The maximum Gasteiger partial charge on any atom is 0.222 e. The first-order valence-electron chi connectivity index (χ1n) is 8.68. The van der Waals surface area contributed by atoms with Crippen molar-refractivity contribution in [1.29, 1.82) is 0 Å². The molecule has 1 amide bonds. The van der Waals surface area contributed by atoms with Gasteiger partial charge in [-0.05, 0) is 46.1 Å². The van der Waals surface area contributed by atoms with Crippen LogP contribution in [0.15, 0.2) is 0 Å². The van der Waals surface area contributed by atoms with E-state index in [1.807, 2.05) is 27.7 Å². The van der Waals surface area contributed by atoms with Gasteiger partial charge in [0.2, 0.25) is 5.91 Å². The number of ether oxygens (including phenoxy) is 1. The first-order valence-corrected chi connectivity index (χ1v) is 8.68. The van der Waals surface area contributed by atoms with Crippen LogP contribution < -0.4 is 5.32 Å². The number of halogens is 1. The summed E-state index contributed by atoms with van der Waals surface area (Å²) in [5.74, 6) is -0.135. The Hall–Kier alpha value is -0.680. The fourth-order valence-corrected chi connectivity index (χ4v) is 2.62. The van der Waals surface area contributed by atoms with Crippen LogP contribution >= 0.6 is 0 Å². The molecule has 132 valence electrons. The number of likely N-dealkylation sites (tertiary alicyclic amines) is 1. The summed E-state index contributed by atoms with van der Waals surface area (Å²) in [6, 6.07) is -0.314. The Labute approximate surface area is 136 Å². The first kappa shape index (κ1) is 19.4. The topological polar surface area (TPSA) is 41.6 Å². The van der Waals surface area contributed by atoms with Crippen molar-refractivity contribution in [1.82, 2.24) is 10.2 Å². The molecule has 1 N–H and O–H groups in total. The molecule has 0 spiro atoms. The number of hydrogen-bond acceptors (Lipinski definition) is 3. The molecule has 1 rings (SSSR count). The molecule has 5 heteroatoms. The van der Waals surface area contributed by atoms with Crippen LogP contribution in [0.25, 0.3) is 0 Å². The Morgan fingerprint density at radius 3 is 2.64 bits per heavy atom. The van der Waals surface area contributed by atoms with Gasteiger partial charge in [-0.3, -0.25) is 4.79 Å². The molecule has 4 nitrogen and oxygen atoms in total. The number of carbonyl (C=O) groups excluding carboxylic acids is 1. The zero-order valence-electron chi connectivity index (χ0n) is 14.6. The summed E-state index contributed by atoms with van der Waals surface area (Å²) in [4.78, 5) is 13.8. The second kappa shape index (κ2) is 10.2. The number of unbranched alkanes of at least 4 members (excludes halogenated alkanes) is 2. The van der Waals surface area contributed by atoms with Crippen LogP contribution in [0.1, 0.15) is 54.8 Å². The number of carbonyl (C=O) groups is 1. The zero-order chi connectivity index (χ0) is 16.5. The Kier molecular flexibility index (Phi) is 8.95. The van der Waals surface area contributed by atoms with E-state index in [4.69, 9.17) is 4.74 Å². The van der Waals surface area contributed by atoms with Crippen LogP contribution in [0.5, 0.6) is 0 Å². The molecule has 1 aliphatic heterocycles. The highest BCUT2D eigenvalue weighted by Gasteiger charge is 2.30. The molecule has 2 atom stereocenters. The third-order valence-corrected chi connectivity index (χ3v) is 4.05. The number of piperidine rings is 1. The maximum atomic E-state index is 14.2. The molecule has 0 aliphatic carbocycles. The van der Waals surface area contributed by atoms with Gasteiger partial charge >= 0.3 is 0 Å². The van der Waals surface area contributed by atoms with E-state index in [0.717, 1.165) is 39.0 Å². The van der Waals surface area contributed by atoms with E-state index < -0.39 is 6.17 Å². The highest BCUT2D eigenvalue weighted by atomic mass is 19.1. The van der Waals surface area contributed by atoms with Gasteiger partial charge in [-0.15, -0.1) is 0 Å². The van der Waals surface area contributed by atoms with Crippen LogP contribution in [0.4, 0.5) is 4.39 Å². The van der Waals surface area contributed by atoms with Crippen LogP contribution in [0.3, 0.4) is 0 Å². The number of nitrogens with one attached hydrogen (secondary N) is 1. The average molecular weight is 318 g/mol. The van der Waals surface area contributed by atoms with E-state index in [0.29, 0.717) is 19.1 Å². The molecule has 0 bridgehead atoms. The van der Waals surface area contributed by atoms with E-state index in [-0.39, 0.29) is 19.3 Å². The predicted octanol–water partition coefficient (Wildman–Crippen LogP) is 3.01. The summed E-state index contributed by atoms with van der Waals surface area (Å²) < 4.78 is 19.7. The van der Waals surface area contributed by atoms with Gasteiger partial charge in [-0.1, -0.05) is 13.8 Å². The molecule has 2 unspecified atom stereocenters. The lowest BCUT2D eigenvalue weighted by molar-refractivity contribution is -0.125. The minimum absolute atomic E-state index is 0. The third-order valence-electron chi connectivity index (χ3n) is 4.05. The normalized spacial score (nSPS) is 23.2. The van der Waals surface area contributed by atoms with Crippen molar-refractivity contribution in [3.05, 3.63) is 0 Å². The number of nitrogens with zero attached hydrogens (tertiary/aromatic N) is 1. The summed E-state index contributed by atoms with van der Waals surface area (Å²) in [7, 11) is 0. The fourth-order valence-electron chi connectivity index (χ4n) is 2.62. The van der Waals surface area contributed by atoms with Crippen LogP contribution in [-0.2, 0) is 9.53 Å². The molecule has 22 heavy (non-hydrogen) atoms. The van der Waals surface area contributed by atoms with Crippen LogP contribution in [0, 0.1) is 5.92 Å². The van der Waals surface area contributed by atoms with E-state index >= 15 is 0 Å². The molecule has 0 aromatic heterocycles. The lowest BCUT2D eigenvalue weighted by Gasteiger charge is -2.35. The first-order chi connectivity index (χ1) is 10.4. The predicted molar refractivity (Wildman–Crippen MR) is 89.8 cm³/mol. The number of hydrogen-bond donors (Lipinski definition) is 1. The minimum atomic E-state index is -0.958. The largest absolute Gasteiger partial charge is 0.379 e. The van der Waals surface area contributed by atoms with Gasteiger partial charge in [0.15, 0.2) is 0 Å². The molecule has 1 saturated heterocycles. The van der Waals surface area contributed by atoms with Gasteiger partial charge < -0.3 is 15.0 Å². The summed E-state index contributed by atoms with van der Waals surface area (Å²) in [6.07, 6.45) is 3.31. The van der Waals surface area contributed by atoms with Gasteiger partial charge in [-0.25, -0.2) is 4.39 Å². The standard InChI is InChI=1S/C17H33FN2O2.H2/c1-13(2)17(21)19-16-8-10-20(12-15(16)18)9-6-5-7-11-22-14(3)4;/h13-16H,5-12H2,1-4H3,(H,19,21);1H. The van der Waals surface area contributed by atoms with Crippen molar-refractivity contribution in [3.8, 4) is 0 Å². The Morgan fingerprint density at radius 1 is 1.32 bits per heavy atom. The molecule has 0 saturated carbocycles. The monoisotopic (exact) mass is 318 g/mol. The molecule has 0 aromatic rings. The second-order valence-corrected chi connectivity index (χ2v) is 6.86. The van der Waals surface area contributed by atoms with Crippen molar-refractivity contribution >= 4 is 5.91 Å². The van der Waals surface area contributed by atoms with E-state index in [9.17, 15) is 9.18 Å². The van der Waals surface area contributed by atoms with Gasteiger partial charge in [0.25, 0.3) is 0 Å². The minimum Gasteiger partial charge on any atom is -0.379 e.